The molecule has 0 bridgehead atoms. The number of ether oxygens (including phenoxy) is 3. The average Bonchev–Trinajstić information content (AvgIpc) is 3.41. The highest BCUT2D eigenvalue weighted by Gasteiger charge is 2.52. The largest absolute Gasteiger partial charge is 0.486 e. The summed E-state index contributed by atoms with van der Waals surface area (Å²) in [6.45, 7) is 3.76. The van der Waals surface area contributed by atoms with Crippen LogP contribution < -0.4 is 9.47 Å². The fraction of sp³-hybridized carbons (Fsp3) is 0.400. The molecule has 0 N–H and O–H groups in total. The summed E-state index contributed by atoms with van der Waals surface area (Å²) >= 11 is 0. The molecule has 0 aromatic heterocycles. The summed E-state index contributed by atoms with van der Waals surface area (Å²) in [4.78, 5) is 41.3. The second-order valence-electron chi connectivity index (χ2n) is 8.51. The zero-order valence-electron chi connectivity index (χ0n) is 17.9. The predicted molar refractivity (Wildman–Crippen MR) is 115 cm³/mol. The van der Waals surface area contributed by atoms with Gasteiger partial charge in [0.15, 0.2) is 17.3 Å². The van der Waals surface area contributed by atoms with Gasteiger partial charge >= 0.3 is 0 Å². The molecule has 2 saturated heterocycles. The summed E-state index contributed by atoms with van der Waals surface area (Å²) in [5.41, 5.74) is 2.16. The van der Waals surface area contributed by atoms with Crippen LogP contribution in [0.15, 0.2) is 42.5 Å². The average molecular weight is 435 g/mol. The molecule has 7 nitrogen and oxygen atoms in total. The van der Waals surface area contributed by atoms with E-state index in [-0.39, 0.29) is 11.9 Å². The molecule has 166 valence electrons. The molecule has 0 spiro atoms. The molecule has 7 heteroatoms. The molecule has 3 heterocycles. The van der Waals surface area contributed by atoms with E-state index < -0.39 is 23.7 Å². The summed E-state index contributed by atoms with van der Waals surface area (Å²) < 4.78 is 16.9. The molecular formula is C25H25NO6. The molecule has 3 aliphatic heterocycles. The van der Waals surface area contributed by atoms with Crippen LogP contribution in [0.5, 0.6) is 11.5 Å². The van der Waals surface area contributed by atoms with Crippen molar-refractivity contribution in [2.75, 3.05) is 26.4 Å². The van der Waals surface area contributed by atoms with E-state index in [1.165, 1.54) is 4.90 Å². The number of ketones is 2. The Morgan fingerprint density at radius 2 is 1.75 bits per heavy atom. The maximum atomic E-state index is 13.6. The second kappa shape index (κ2) is 8.39. The number of rotatable bonds is 5. The first kappa shape index (κ1) is 20.7. The van der Waals surface area contributed by atoms with Crippen LogP contribution >= 0.6 is 0 Å². The number of hydrogen-bond donors (Lipinski definition) is 0. The first-order valence-corrected chi connectivity index (χ1v) is 11.0. The Morgan fingerprint density at radius 1 is 1.00 bits per heavy atom. The normalized spacial score (nSPS) is 24.8. The van der Waals surface area contributed by atoms with Crippen LogP contribution in [0.4, 0.5) is 0 Å². The van der Waals surface area contributed by atoms with Gasteiger partial charge in [-0.05, 0) is 43.5 Å². The van der Waals surface area contributed by atoms with Crippen LogP contribution in [0.1, 0.15) is 40.4 Å². The lowest BCUT2D eigenvalue weighted by molar-refractivity contribution is -0.141. The molecule has 0 saturated carbocycles. The zero-order chi connectivity index (χ0) is 22.2. The van der Waals surface area contributed by atoms with Gasteiger partial charge in [-0.15, -0.1) is 0 Å². The van der Waals surface area contributed by atoms with Crippen LogP contribution in [0.3, 0.4) is 0 Å². The summed E-state index contributed by atoms with van der Waals surface area (Å²) in [7, 11) is 0. The quantitative estimate of drug-likeness (QED) is 0.408. The predicted octanol–water partition coefficient (Wildman–Crippen LogP) is 2.90. The summed E-state index contributed by atoms with van der Waals surface area (Å²) in [5, 5.41) is 0. The highest BCUT2D eigenvalue weighted by molar-refractivity contribution is 6.44. The number of nitrogens with zero attached hydrogens (tertiary/aromatic N) is 1. The SMILES string of the molecule is Cc1ccc(C2C(C(=O)c3ccc4c(c3)OCCO4)C(=O)C(=O)N2CC2CCCO2)cc1. The van der Waals surface area contributed by atoms with E-state index in [2.05, 4.69) is 0 Å². The lowest BCUT2D eigenvalue weighted by Crippen LogP contribution is -2.37. The maximum absolute atomic E-state index is 13.6. The number of carbonyl (C=O) groups is 3. The Labute approximate surface area is 186 Å². The number of likely N-dealkylation sites (tertiary alicyclic amines) is 1. The summed E-state index contributed by atoms with van der Waals surface area (Å²) in [5.74, 6) is -1.76. The molecule has 32 heavy (non-hydrogen) atoms. The van der Waals surface area contributed by atoms with E-state index in [9.17, 15) is 14.4 Å². The molecule has 0 aliphatic carbocycles. The van der Waals surface area contributed by atoms with Crippen molar-refractivity contribution in [1.82, 2.24) is 4.90 Å². The van der Waals surface area contributed by atoms with Crippen LogP contribution in [0.2, 0.25) is 0 Å². The van der Waals surface area contributed by atoms with Crippen molar-refractivity contribution < 1.29 is 28.6 Å². The van der Waals surface area contributed by atoms with Gasteiger partial charge in [0.2, 0.25) is 5.78 Å². The van der Waals surface area contributed by atoms with Gasteiger partial charge in [0.1, 0.15) is 19.1 Å². The fourth-order valence-corrected chi connectivity index (χ4v) is 4.70. The Hall–Kier alpha value is -3.19. The van der Waals surface area contributed by atoms with Gasteiger partial charge in [-0.1, -0.05) is 29.8 Å². The molecular weight excluding hydrogens is 410 g/mol. The third-order valence-corrected chi connectivity index (χ3v) is 6.36. The number of Topliss-reactive ketones (excluding diaryl/α,β-unsaturated/α-hetero) is 2. The summed E-state index contributed by atoms with van der Waals surface area (Å²) in [6, 6.07) is 11.9. The van der Waals surface area contributed by atoms with Gasteiger partial charge in [0.05, 0.1) is 12.1 Å². The minimum Gasteiger partial charge on any atom is -0.486 e. The Morgan fingerprint density at radius 3 is 2.47 bits per heavy atom. The Bertz CT molecular complexity index is 1060. The van der Waals surface area contributed by atoms with Crippen molar-refractivity contribution in [1.29, 1.82) is 0 Å². The molecule has 1 amide bonds. The fourth-order valence-electron chi connectivity index (χ4n) is 4.70. The first-order chi connectivity index (χ1) is 15.5. The topological polar surface area (TPSA) is 82.1 Å². The van der Waals surface area contributed by atoms with Crippen molar-refractivity contribution in [2.24, 2.45) is 5.92 Å². The number of benzene rings is 2. The number of aryl methyl sites for hydroxylation is 1. The third kappa shape index (κ3) is 3.66. The molecule has 5 rings (SSSR count). The molecule has 3 atom stereocenters. The van der Waals surface area contributed by atoms with Crippen LogP contribution in [-0.4, -0.2) is 54.8 Å². The highest BCUT2D eigenvalue weighted by Crippen LogP contribution is 2.40. The zero-order valence-corrected chi connectivity index (χ0v) is 17.9. The molecule has 3 unspecified atom stereocenters. The van der Waals surface area contributed by atoms with Gasteiger partial charge < -0.3 is 19.1 Å². The van der Waals surface area contributed by atoms with E-state index in [1.54, 1.807) is 18.2 Å². The summed E-state index contributed by atoms with van der Waals surface area (Å²) in [6.07, 6.45) is 1.64. The lowest BCUT2D eigenvalue weighted by atomic mass is 9.86. The molecule has 2 aromatic carbocycles. The second-order valence-corrected chi connectivity index (χ2v) is 8.51. The monoisotopic (exact) mass is 435 g/mol. The smallest absolute Gasteiger partial charge is 0.291 e. The van der Waals surface area contributed by atoms with Gasteiger partial charge in [-0.2, -0.15) is 0 Å². The molecule has 0 radical (unpaired) electrons. The van der Waals surface area contributed by atoms with E-state index in [4.69, 9.17) is 14.2 Å². The lowest BCUT2D eigenvalue weighted by Gasteiger charge is -2.29. The van der Waals surface area contributed by atoms with Crippen molar-refractivity contribution in [2.45, 2.75) is 31.9 Å². The van der Waals surface area contributed by atoms with Crippen molar-refractivity contribution >= 4 is 17.5 Å². The minimum atomic E-state index is -1.12. The van der Waals surface area contributed by atoms with Crippen LogP contribution in [-0.2, 0) is 14.3 Å². The maximum Gasteiger partial charge on any atom is 0.291 e. The minimum absolute atomic E-state index is 0.122. The molecule has 3 aliphatic rings. The number of hydrogen-bond acceptors (Lipinski definition) is 6. The third-order valence-electron chi connectivity index (χ3n) is 6.36. The number of carbonyl (C=O) groups excluding carboxylic acids is 3. The molecule has 2 fully saturated rings. The van der Waals surface area contributed by atoms with E-state index in [0.29, 0.717) is 43.4 Å². The Balaban J connectivity index is 1.52. The van der Waals surface area contributed by atoms with Crippen molar-refractivity contribution in [3.8, 4) is 11.5 Å². The van der Waals surface area contributed by atoms with Crippen molar-refractivity contribution in [3.63, 3.8) is 0 Å². The first-order valence-electron chi connectivity index (χ1n) is 11.0. The van der Waals surface area contributed by atoms with E-state index in [0.717, 1.165) is 24.0 Å². The van der Waals surface area contributed by atoms with Gasteiger partial charge in [-0.25, -0.2) is 0 Å². The Kier molecular flexibility index (Phi) is 5.43. The van der Waals surface area contributed by atoms with Crippen molar-refractivity contribution in [3.05, 3.63) is 59.2 Å². The number of amides is 1. The highest BCUT2D eigenvalue weighted by atomic mass is 16.6. The van der Waals surface area contributed by atoms with Crippen LogP contribution in [0, 0.1) is 12.8 Å². The number of fused-ring (bicyclic) bond motifs is 1. The van der Waals surface area contributed by atoms with Gasteiger partial charge in [0, 0.05) is 18.7 Å². The van der Waals surface area contributed by atoms with E-state index in [1.807, 2.05) is 31.2 Å². The standard InChI is InChI=1S/C25H25NO6/c1-15-4-6-16(7-5-15)22-21(24(28)25(29)26(22)14-18-3-2-10-30-18)23(27)17-8-9-19-20(13-17)32-12-11-31-19/h4-9,13,18,21-22H,2-3,10-12,14H2,1H3. The van der Waals surface area contributed by atoms with E-state index >= 15 is 0 Å². The molecule has 2 aromatic rings. The van der Waals surface area contributed by atoms with Gasteiger partial charge in [-0.3, -0.25) is 14.4 Å². The van der Waals surface area contributed by atoms with Crippen LogP contribution in [0.25, 0.3) is 0 Å². The van der Waals surface area contributed by atoms with Gasteiger partial charge in [0.25, 0.3) is 5.91 Å².